The minimum Gasteiger partial charge on any atom is -0.493 e. The van der Waals surface area contributed by atoms with E-state index in [2.05, 4.69) is 16.0 Å². The Bertz CT molecular complexity index is 1310. The molecule has 0 radical (unpaired) electrons. The van der Waals surface area contributed by atoms with E-state index in [1.165, 1.54) is 0 Å². The molecule has 1 fully saturated rings. The molecule has 1 aromatic heterocycles. The van der Waals surface area contributed by atoms with E-state index in [0.29, 0.717) is 24.7 Å². The van der Waals surface area contributed by atoms with Crippen LogP contribution in [0.3, 0.4) is 0 Å². The van der Waals surface area contributed by atoms with E-state index in [1.54, 1.807) is 20.5 Å². The Kier molecular flexibility index (Phi) is 5.62. The number of benzene rings is 3. The lowest BCUT2D eigenvalue weighted by Crippen LogP contribution is -2.31. The second kappa shape index (κ2) is 8.88. The number of anilines is 1. The number of ether oxygens (including phenoxy) is 3. The molecule has 1 saturated heterocycles. The molecular weight excluding hydrogens is 418 g/mol. The van der Waals surface area contributed by atoms with E-state index in [-0.39, 0.29) is 0 Å². The zero-order valence-electron chi connectivity index (χ0n) is 18.4. The van der Waals surface area contributed by atoms with Crippen molar-refractivity contribution in [3.05, 3.63) is 67.0 Å². The fourth-order valence-electron chi connectivity index (χ4n) is 4.17. The Morgan fingerprint density at radius 2 is 1.64 bits per heavy atom. The van der Waals surface area contributed by atoms with Gasteiger partial charge in [0, 0.05) is 23.2 Å². The first kappa shape index (κ1) is 20.9. The maximum atomic E-state index is 11.3. The predicted molar refractivity (Wildman–Crippen MR) is 127 cm³/mol. The van der Waals surface area contributed by atoms with Crippen LogP contribution in [0.15, 0.2) is 67.0 Å². The van der Waals surface area contributed by atoms with Crippen molar-refractivity contribution in [3.8, 4) is 33.9 Å². The molecule has 1 atom stereocenters. The van der Waals surface area contributed by atoms with Gasteiger partial charge >= 0.3 is 0 Å². The molecule has 0 aliphatic carbocycles. The van der Waals surface area contributed by atoms with Crippen LogP contribution < -0.4 is 14.4 Å². The third kappa shape index (κ3) is 3.87. The molecule has 1 unspecified atom stereocenters. The number of fused-ring (bicyclic) bond motifs is 1. The molecule has 0 N–H and O–H groups in total. The molecule has 7 heteroatoms. The topological polar surface area (TPSA) is 73.8 Å². The number of hydrogen-bond acceptors (Lipinski definition) is 7. The summed E-state index contributed by atoms with van der Waals surface area (Å²) in [5.41, 5.74) is 5.66. The van der Waals surface area contributed by atoms with Crippen LogP contribution in [0, 0.1) is 0 Å². The van der Waals surface area contributed by atoms with Crippen molar-refractivity contribution >= 4 is 22.9 Å². The summed E-state index contributed by atoms with van der Waals surface area (Å²) >= 11 is 0. The Morgan fingerprint density at radius 3 is 2.39 bits per heavy atom. The van der Waals surface area contributed by atoms with E-state index in [4.69, 9.17) is 14.2 Å². The third-order valence-corrected chi connectivity index (χ3v) is 5.87. The largest absolute Gasteiger partial charge is 0.493 e. The molecule has 1 aliphatic rings. The summed E-state index contributed by atoms with van der Waals surface area (Å²) in [6.45, 7) is 1.23. The first-order chi connectivity index (χ1) is 16.2. The molecule has 5 rings (SSSR count). The number of carbonyl (C=O) groups excluding carboxylic acids is 1. The van der Waals surface area contributed by atoms with Crippen molar-refractivity contribution in [2.45, 2.75) is 6.23 Å². The highest BCUT2D eigenvalue weighted by Gasteiger charge is 2.24. The van der Waals surface area contributed by atoms with Gasteiger partial charge in [0.15, 0.2) is 24.0 Å². The fourth-order valence-corrected chi connectivity index (χ4v) is 4.17. The zero-order valence-corrected chi connectivity index (χ0v) is 18.4. The lowest BCUT2D eigenvalue weighted by Gasteiger charge is -2.21. The Morgan fingerprint density at radius 1 is 0.909 bits per heavy atom. The van der Waals surface area contributed by atoms with Gasteiger partial charge in [0.2, 0.25) is 0 Å². The minimum absolute atomic E-state index is 0.528. The van der Waals surface area contributed by atoms with Crippen molar-refractivity contribution in [3.63, 3.8) is 0 Å². The van der Waals surface area contributed by atoms with Crippen molar-refractivity contribution in [2.24, 2.45) is 0 Å². The highest BCUT2D eigenvalue weighted by Crippen LogP contribution is 2.35. The Balaban J connectivity index is 1.54. The molecule has 3 aromatic carbocycles. The lowest BCUT2D eigenvalue weighted by atomic mass is 10.00. The molecule has 0 amide bonds. The van der Waals surface area contributed by atoms with Crippen molar-refractivity contribution in [1.29, 1.82) is 0 Å². The van der Waals surface area contributed by atoms with Crippen molar-refractivity contribution in [2.75, 3.05) is 32.3 Å². The molecule has 4 aromatic rings. The van der Waals surface area contributed by atoms with Gasteiger partial charge in [-0.05, 0) is 47.5 Å². The average Bonchev–Trinajstić information content (AvgIpc) is 3.36. The molecule has 7 nitrogen and oxygen atoms in total. The van der Waals surface area contributed by atoms with Crippen molar-refractivity contribution < 1.29 is 19.0 Å². The van der Waals surface area contributed by atoms with E-state index < -0.39 is 6.23 Å². The highest BCUT2D eigenvalue weighted by atomic mass is 16.5. The zero-order chi connectivity index (χ0) is 22.8. The molecule has 166 valence electrons. The maximum absolute atomic E-state index is 11.3. The van der Waals surface area contributed by atoms with Crippen LogP contribution in [0.1, 0.15) is 0 Å². The lowest BCUT2D eigenvalue weighted by molar-refractivity contribution is -0.115. The van der Waals surface area contributed by atoms with Gasteiger partial charge in [-0.2, -0.15) is 0 Å². The summed E-state index contributed by atoms with van der Waals surface area (Å²) < 4.78 is 16.3. The number of nitrogens with zero attached hydrogens (tertiary/aromatic N) is 3. The van der Waals surface area contributed by atoms with Crippen LogP contribution in [0.25, 0.3) is 33.3 Å². The van der Waals surface area contributed by atoms with Crippen molar-refractivity contribution in [1.82, 2.24) is 9.97 Å². The molecule has 1 aliphatic heterocycles. The smallest absolute Gasteiger partial charge is 0.186 e. The third-order valence-electron chi connectivity index (χ3n) is 5.87. The maximum Gasteiger partial charge on any atom is 0.186 e. The SMILES string of the molecule is COc1ccc(-c2ccc3ncnc(-c4ccc(N5CCOC5C=O)cc4)c3c2)cc1OC. The van der Waals surface area contributed by atoms with Crippen LogP contribution in [-0.4, -0.2) is 49.9 Å². The number of rotatable bonds is 6. The van der Waals surface area contributed by atoms with E-state index >= 15 is 0 Å². The number of carbonyl (C=O) groups is 1. The predicted octanol–water partition coefficient (Wildman–Crippen LogP) is 4.34. The van der Waals surface area contributed by atoms with Gasteiger partial charge in [0.1, 0.15) is 6.33 Å². The summed E-state index contributed by atoms with van der Waals surface area (Å²) in [5.74, 6) is 1.36. The Hall–Kier alpha value is -3.97. The van der Waals surface area contributed by atoms with Gasteiger partial charge in [-0.3, -0.25) is 4.79 Å². The molecule has 0 saturated carbocycles. The first-order valence-electron chi connectivity index (χ1n) is 10.6. The quantitative estimate of drug-likeness (QED) is 0.412. The van der Waals surface area contributed by atoms with Gasteiger partial charge in [-0.25, -0.2) is 9.97 Å². The number of aldehydes is 1. The minimum atomic E-state index is -0.528. The summed E-state index contributed by atoms with van der Waals surface area (Å²) in [6.07, 6.45) is 1.88. The van der Waals surface area contributed by atoms with Gasteiger partial charge in [0.05, 0.1) is 32.0 Å². The van der Waals surface area contributed by atoms with Crippen LogP contribution in [0.2, 0.25) is 0 Å². The highest BCUT2D eigenvalue weighted by molar-refractivity contribution is 5.95. The summed E-state index contributed by atoms with van der Waals surface area (Å²) in [7, 11) is 3.25. The summed E-state index contributed by atoms with van der Waals surface area (Å²) in [5, 5.41) is 0.952. The fraction of sp³-hybridized carbons (Fsp3) is 0.192. The standard InChI is InChI=1S/C26H23N3O4/c1-31-23-10-6-19(14-24(23)32-2)18-5-9-22-21(13-18)26(28-16-27-22)17-3-7-20(8-4-17)29-11-12-33-25(29)15-30/h3-10,13-16,25H,11-12H2,1-2H3. The Labute approximate surface area is 191 Å². The monoisotopic (exact) mass is 441 g/mol. The van der Waals surface area contributed by atoms with Crippen LogP contribution in [0.4, 0.5) is 5.69 Å². The van der Waals surface area contributed by atoms with E-state index in [1.807, 2.05) is 59.5 Å². The number of hydrogen-bond donors (Lipinski definition) is 0. The first-order valence-corrected chi connectivity index (χ1v) is 10.6. The summed E-state index contributed by atoms with van der Waals surface area (Å²) in [4.78, 5) is 22.2. The normalized spacial score (nSPS) is 15.6. The second-order valence-electron chi connectivity index (χ2n) is 7.66. The number of methoxy groups -OCH3 is 2. The number of aromatic nitrogens is 2. The molecular formula is C26H23N3O4. The second-order valence-corrected chi connectivity index (χ2v) is 7.66. The van der Waals surface area contributed by atoms with Gasteiger partial charge in [-0.1, -0.05) is 24.3 Å². The van der Waals surface area contributed by atoms with E-state index in [0.717, 1.165) is 45.3 Å². The molecule has 0 bridgehead atoms. The van der Waals surface area contributed by atoms with Crippen LogP contribution in [-0.2, 0) is 9.53 Å². The van der Waals surface area contributed by atoms with Gasteiger partial charge in [0.25, 0.3) is 0 Å². The molecule has 0 spiro atoms. The summed E-state index contributed by atoms with van der Waals surface area (Å²) in [6, 6.07) is 20.0. The van der Waals surface area contributed by atoms with Crippen LogP contribution in [0.5, 0.6) is 11.5 Å². The average molecular weight is 441 g/mol. The van der Waals surface area contributed by atoms with Gasteiger partial charge in [-0.15, -0.1) is 0 Å². The van der Waals surface area contributed by atoms with E-state index in [9.17, 15) is 4.79 Å². The molecule has 33 heavy (non-hydrogen) atoms. The van der Waals surface area contributed by atoms with Gasteiger partial charge < -0.3 is 19.1 Å². The molecule has 2 heterocycles. The van der Waals surface area contributed by atoms with Crippen LogP contribution >= 0.6 is 0 Å².